The van der Waals surface area contributed by atoms with Crippen LogP contribution in [0.25, 0.3) is 33.1 Å². The number of hydrogen-bond acceptors (Lipinski definition) is 6. The lowest BCUT2D eigenvalue weighted by molar-refractivity contribution is 0.356. The summed E-state index contributed by atoms with van der Waals surface area (Å²) in [4.78, 5) is 4.60. The van der Waals surface area contributed by atoms with Gasteiger partial charge in [-0.05, 0) is 25.2 Å². The van der Waals surface area contributed by atoms with Crippen LogP contribution in [0.5, 0.6) is 11.5 Å². The third-order valence-corrected chi connectivity index (χ3v) is 4.68. The van der Waals surface area contributed by atoms with E-state index in [0.29, 0.717) is 23.7 Å². The molecule has 2 heterocycles. The molecule has 4 rings (SSSR count). The second-order valence-corrected chi connectivity index (χ2v) is 6.29. The SMILES string of the molecule is CNCn1nc(-c2ccc(C#N)cc2)c2c3cc(OC)c(OC)cc3ncc21. The van der Waals surface area contributed by atoms with Crippen LogP contribution in [0, 0.1) is 11.3 Å². The Morgan fingerprint density at radius 1 is 1.11 bits per heavy atom. The maximum atomic E-state index is 9.08. The molecule has 0 aliphatic carbocycles. The second-order valence-electron chi connectivity index (χ2n) is 6.29. The molecule has 28 heavy (non-hydrogen) atoms. The number of benzene rings is 2. The molecule has 0 aliphatic heterocycles. The van der Waals surface area contributed by atoms with Gasteiger partial charge < -0.3 is 14.8 Å². The molecule has 2 aromatic heterocycles. The van der Waals surface area contributed by atoms with E-state index >= 15 is 0 Å². The maximum Gasteiger partial charge on any atom is 0.162 e. The molecule has 0 saturated heterocycles. The number of nitriles is 1. The molecule has 0 saturated carbocycles. The van der Waals surface area contributed by atoms with Crippen molar-refractivity contribution in [3.05, 3.63) is 48.2 Å². The molecule has 7 nitrogen and oxygen atoms in total. The van der Waals surface area contributed by atoms with Crippen LogP contribution in [-0.4, -0.2) is 36.0 Å². The molecule has 4 aromatic rings. The zero-order valence-corrected chi connectivity index (χ0v) is 15.9. The van der Waals surface area contributed by atoms with Crippen LogP contribution in [0.4, 0.5) is 0 Å². The van der Waals surface area contributed by atoms with E-state index in [0.717, 1.165) is 33.1 Å². The normalized spacial score (nSPS) is 10.9. The Kier molecular flexibility index (Phi) is 4.55. The molecular weight excluding hydrogens is 354 g/mol. The average molecular weight is 373 g/mol. The maximum absolute atomic E-state index is 9.08. The van der Waals surface area contributed by atoms with Crippen molar-refractivity contribution in [3.8, 4) is 28.8 Å². The minimum atomic E-state index is 0.549. The summed E-state index contributed by atoms with van der Waals surface area (Å²) in [5.41, 5.74) is 4.08. The van der Waals surface area contributed by atoms with Crippen molar-refractivity contribution in [2.75, 3.05) is 21.3 Å². The minimum Gasteiger partial charge on any atom is -0.493 e. The van der Waals surface area contributed by atoms with Gasteiger partial charge in [0.15, 0.2) is 11.5 Å². The quantitative estimate of drug-likeness (QED) is 0.578. The standard InChI is InChI=1S/C21H19N5O2/c1-23-12-26-17-11-24-16-9-19(28-3)18(27-2)8-15(16)20(17)21(25-26)14-6-4-13(10-22)5-7-14/h4-9,11,23H,12H2,1-3H3. The Labute approximate surface area is 162 Å². The van der Waals surface area contributed by atoms with Crippen molar-refractivity contribution in [3.63, 3.8) is 0 Å². The second kappa shape index (κ2) is 7.18. The Hall–Kier alpha value is -3.63. The van der Waals surface area contributed by atoms with Gasteiger partial charge >= 0.3 is 0 Å². The predicted octanol–water partition coefficient (Wildman–Crippen LogP) is 3.32. The molecule has 2 aromatic carbocycles. The van der Waals surface area contributed by atoms with Gasteiger partial charge in [-0.25, -0.2) is 4.68 Å². The smallest absolute Gasteiger partial charge is 0.162 e. The van der Waals surface area contributed by atoms with Crippen LogP contribution >= 0.6 is 0 Å². The lowest BCUT2D eigenvalue weighted by atomic mass is 10.0. The van der Waals surface area contributed by atoms with Gasteiger partial charge in [-0.2, -0.15) is 10.4 Å². The molecule has 0 unspecified atom stereocenters. The summed E-state index contributed by atoms with van der Waals surface area (Å²) < 4.78 is 12.8. The highest BCUT2D eigenvalue weighted by Gasteiger charge is 2.18. The zero-order chi connectivity index (χ0) is 19.7. The van der Waals surface area contributed by atoms with E-state index in [2.05, 4.69) is 16.4 Å². The van der Waals surface area contributed by atoms with E-state index in [1.165, 1.54) is 0 Å². The Morgan fingerprint density at radius 2 is 1.82 bits per heavy atom. The van der Waals surface area contributed by atoms with Crippen LogP contribution < -0.4 is 14.8 Å². The predicted molar refractivity (Wildman–Crippen MR) is 107 cm³/mol. The number of hydrogen-bond donors (Lipinski definition) is 1. The fourth-order valence-corrected chi connectivity index (χ4v) is 3.35. The van der Waals surface area contributed by atoms with Crippen molar-refractivity contribution in [2.24, 2.45) is 0 Å². The Bertz CT molecular complexity index is 1210. The van der Waals surface area contributed by atoms with Crippen molar-refractivity contribution in [1.82, 2.24) is 20.1 Å². The fourth-order valence-electron chi connectivity index (χ4n) is 3.35. The van der Waals surface area contributed by atoms with Crippen molar-refractivity contribution in [1.29, 1.82) is 5.26 Å². The Balaban J connectivity index is 2.07. The van der Waals surface area contributed by atoms with Crippen molar-refractivity contribution < 1.29 is 9.47 Å². The molecule has 0 spiro atoms. The molecule has 0 aliphatic rings. The summed E-state index contributed by atoms with van der Waals surface area (Å²) in [6.07, 6.45) is 1.82. The third kappa shape index (κ3) is 2.80. The minimum absolute atomic E-state index is 0.549. The number of rotatable bonds is 5. The Morgan fingerprint density at radius 3 is 2.46 bits per heavy atom. The molecular formula is C21H19N5O2. The van der Waals surface area contributed by atoms with Gasteiger partial charge in [0.25, 0.3) is 0 Å². The van der Waals surface area contributed by atoms with Gasteiger partial charge in [0.1, 0.15) is 5.69 Å². The zero-order valence-electron chi connectivity index (χ0n) is 15.9. The number of pyridine rings is 1. The van der Waals surface area contributed by atoms with Gasteiger partial charge in [-0.15, -0.1) is 0 Å². The highest BCUT2D eigenvalue weighted by Crippen LogP contribution is 2.38. The summed E-state index contributed by atoms with van der Waals surface area (Å²) >= 11 is 0. The molecule has 140 valence electrons. The first-order valence-electron chi connectivity index (χ1n) is 8.76. The van der Waals surface area contributed by atoms with Crippen molar-refractivity contribution >= 4 is 21.8 Å². The van der Waals surface area contributed by atoms with E-state index in [9.17, 15) is 0 Å². The molecule has 1 N–H and O–H groups in total. The van der Waals surface area contributed by atoms with Crippen LogP contribution in [0.15, 0.2) is 42.6 Å². The topological polar surface area (TPSA) is 85.0 Å². The first kappa shape index (κ1) is 17.8. The van der Waals surface area contributed by atoms with E-state index in [4.69, 9.17) is 19.8 Å². The van der Waals surface area contributed by atoms with Gasteiger partial charge in [0, 0.05) is 22.4 Å². The van der Waals surface area contributed by atoms with Gasteiger partial charge in [0.2, 0.25) is 0 Å². The van der Waals surface area contributed by atoms with E-state index in [1.807, 2.05) is 42.2 Å². The van der Waals surface area contributed by atoms with Gasteiger partial charge in [-0.3, -0.25) is 4.98 Å². The largest absolute Gasteiger partial charge is 0.493 e. The van der Waals surface area contributed by atoms with E-state index in [-0.39, 0.29) is 0 Å². The molecule has 0 atom stereocenters. The molecule has 0 amide bonds. The summed E-state index contributed by atoms with van der Waals surface area (Å²) in [6.45, 7) is 0.549. The molecule has 0 bridgehead atoms. The van der Waals surface area contributed by atoms with Gasteiger partial charge in [-0.1, -0.05) is 12.1 Å². The van der Waals surface area contributed by atoms with Crippen LogP contribution in [0.2, 0.25) is 0 Å². The lowest BCUT2D eigenvalue weighted by Gasteiger charge is -2.10. The number of aromatic nitrogens is 3. The lowest BCUT2D eigenvalue weighted by Crippen LogP contribution is -2.14. The summed E-state index contributed by atoms with van der Waals surface area (Å²) in [5, 5.41) is 18.9. The molecule has 0 fully saturated rings. The average Bonchev–Trinajstić information content (AvgIpc) is 3.11. The molecule has 0 radical (unpaired) electrons. The summed E-state index contributed by atoms with van der Waals surface area (Å²) in [7, 11) is 5.09. The highest BCUT2D eigenvalue weighted by molar-refractivity contribution is 6.11. The van der Waals surface area contributed by atoms with E-state index in [1.54, 1.807) is 26.4 Å². The summed E-state index contributed by atoms with van der Waals surface area (Å²) in [6, 6.07) is 13.4. The fraction of sp³-hybridized carbons (Fsp3) is 0.190. The number of ether oxygens (including phenoxy) is 2. The number of fused-ring (bicyclic) bond motifs is 3. The van der Waals surface area contributed by atoms with Gasteiger partial charge in [0.05, 0.1) is 49.8 Å². The van der Waals surface area contributed by atoms with Crippen LogP contribution in [-0.2, 0) is 6.67 Å². The van der Waals surface area contributed by atoms with Crippen molar-refractivity contribution in [2.45, 2.75) is 6.67 Å². The van der Waals surface area contributed by atoms with Crippen LogP contribution in [0.3, 0.4) is 0 Å². The third-order valence-electron chi connectivity index (χ3n) is 4.68. The first-order valence-corrected chi connectivity index (χ1v) is 8.76. The van der Waals surface area contributed by atoms with E-state index < -0.39 is 0 Å². The molecule has 7 heteroatoms. The highest BCUT2D eigenvalue weighted by atomic mass is 16.5. The van der Waals surface area contributed by atoms with Crippen LogP contribution in [0.1, 0.15) is 5.56 Å². The number of nitrogens with one attached hydrogen (secondary N) is 1. The number of methoxy groups -OCH3 is 2. The monoisotopic (exact) mass is 373 g/mol. The first-order chi connectivity index (χ1) is 13.7. The number of nitrogens with zero attached hydrogens (tertiary/aromatic N) is 4. The summed E-state index contributed by atoms with van der Waals surface area (Å²) in [5.74, 6) is 1.26.